The van der Waals surface area contributed by atoms with E-state index in [2.05, 4.69) is 38.8 Å². The molecule has 0 bridgehead atoms. The van der Waals surface area contributed by atoms with Crippen molar-refractivity contribution < 1.29 is 4.74 Å². The Morgan fingerprint density at radius 1 is 1.46 bits per heavy atom. The van der Waals surface area contributed by atoms with E-state index in [9.17, 15) is 0 Å². The van der Waals surface area contributed by atoms with Gasteiger partial charge in [0.15, 0.2) is 5.96 Å². The van der Waals surface area contributed by atoms with Gasteiger partial charge in [0, 0.05) is 52.6 Å². The highest BCUT2D eigenvalue weighted by Gasteiger charge is 2.21. The van der Waals surface area contributed by atoms with Gasteiger partial charge in [-0.2, -0.15) is 0 Å². The Balaban J connectivity index is 0.00000243. The summed E-state index contributed by atoms with van der Waals surface area (Å²) in [6, 6.07) is 4.14. The zero-order valence-corrected chi connectivity index (χ0v) is 18.3. The first-order chi connectivity index (χ1) is 12.2. The molecule has 2 heterocycles. The molecule has 1 aliphatic carbocycles. The monoisotopic (exact) mass is 471 g/mol. The molecule has 144 valence electrons. The molecule has 0 aromatic carbocycles. The van der Waals surface area contributed by atoms with E-state index >= 15 is 0 Å². The number of imidazole rings is 1. The Hall–Kier alpha value is -1.35. The van der Waals surface area contributed by atoms with Gasteiger partial charge in [-0.25, -0.2) is 4.98 Å². The quantitative estimate of drug-likeness (QED) is 0.279. The second kappa shape index (κ2) is 10.1. The van der Waals surface area contributed by atoms with Crippen LogP contribution in [0.3, 0.4) is 0 Å². The summed E-state index contributed by atoms with van der Waals surface area (Å²) in [5.74, 6) is 1.71. The summed E-state index contributed by atoms with van der Waals surface area (Å²) in [4.78, 5) is 11.2. The SMILES string of the molecule is CN=C(NCCc1cn2cccc(C)c2n1)N(C)CCOCC1CC1.I. The molecule has 0 saturated heterocycles. The van der Waals surface area contributed by atoms with Crippen molar-refractivity contribution in [2.45, 2.75) is 26.2 Å². The fourth-order valence-corrected chi connectivity index (χ4v) is 2.85. The van der Waals surface area contributed by atoms with Gasteiger partial charge in [-0.3, -0.25) is 4.99 Å². The number of guanidine groups is 1. The average molecular weight is 471 g/mol. The number of fused-ring (bicyclic) bond motifs is 1. The van der Waals surface area contributed by atoms with E-state index in [0.29, 0.717) is 0 Å². The molecule has 1 N–H and O–H groups in total. The molecule has 7 heteroatoms. The molecule has 1 saturated carbocycles. The molecule has 1 fully saturated rings. The van der Waals surface area contributed by atoms with Gasteiger partial charge < -0.3 is 19.4 Å². The lowest BCUT2D eigenvalue weighted by Gasteiger charge is -2.21. The zero-order chi connectivity index (χ0) is 17.6. The number of rotatable bonds is 8. The maximum Gasteiger partial charge on any atom is 0.193 e. The standard InChI is InChI=1S/C19H29N5O.HI/c1-15-5-4-10-24-13-17(22-18(15)24)8-9-21-19(20-2)23(3)11-12-25-14-16-6-7-16;/h4-5,10,13,16H,6-9,11-12,14H2,1-3H3,(H,20,21);1H. The minimum Gasteiger partial charge on any atom is -0.379 e. The van der Waals surface area contributed by atoms with Crippen molar-refractivity contribution in [3.8, 4) is 0 Å². The van der Waals surface area contributed by atoms with Gasteiger partial charge in [0.05, 0.1) is 12.3 Å². The minimum absolute atomic E-state index is 0. The van der Waals surface area contributed by atoms with Crippen molar-refractivity contribution in [3.05, 3.63) is 35.8 Å². The maximum absolute atomic E-state index is 5.70. The third-order valence-electron chi connectivity index (χ3n) is 4.59. The molecule has 0 unspecified atom stereocenters. The van der Waals surface area contributed by atoms with Crippen molar-refractivity contribution in [1.82, 2.24) is 19.6 Å². The lowest BCUT2D eigenvalue weighted by Crippen LogP contribution is -2.41. The molecular weight excluding hydrogens is 441 g/mol. The van der Waals surface area contributed by atoms with Gasteiger partial charge >= 0.3 is 0 Å². The van der Waals surface area contributed by atoms with Gasteiger partial charge in [0.1, 0.15) is 5.65 Å². The summed E-state index contributed by atoms with van der Waals surface area (Å²) in [5.41, 5.74) is 3.32. The largest absolute Gasteiger partial charge is 0.379 e. The van der Waals surface area contributed by atoms with Crippen LogP contribution in [0.15, 0.2) is 29.5 Å². The predicted octanol–water partition coefficient (Wildman–Crippen LogP) is 2.74. The van der Waals surface area contributed by atoms with Crippen LogP contribution in [-0.2, 0) is 11.2 Å². The summed E-state index contributed by atoms with van der Waals surface area (Å²) in [7, 11) is 3.86. The number of aryl methyl sites for hydroxylation is 1. The van der Waals surface area contributed by atoms with Crippen LogP contribution in [-0.4, -0.2) is 60.6 Å². The molecule has 2 aromatic rings. The summed E-state index contributed by atoms with van der Waals surface area (Å²) < 4.78 is 7.79. The number of halogens is 1. The summed E-state index contributed by atoms with van der Waals surface area (Å²) >= 11 is 0. The van der Waals surface area contributed by atoms with Gasteiger partial charge in [0.25, 0.3) is 0 Å². The Morgan fingerprint density at radius 3 is 2.96 bits per heavy atom. The van der Waals surface area contributed by atoms with Crippen LogP contribution in [0.4, 0.5) is 0 Å². The molecule has 6 nitrogen and oxygen atoms in total. The van der Waals surface area contributed by atoms with E-state index < -0.39 is 0 Å². The average Bonchev–Trinajstić information content (AvgIpc) is 3.33. The highest BCUT2D eigenvalue weighted by atomic mass is 127. The fraction of sp³-hybridized carbons (Fsp3) is 0.579. The number of pyridine rings is 1. The smallest absolute Gasteiger partial charge is 0.193 e. The molecule has 1 aliphatic rings. The van der Waals surface area contributed by atoms with Crippen LogP contribution in [0.5, 0.6) is 0 Å². The maximum atomic E-state index is 5.70. The number of nitrogens with zero attached hydrogens (tertiary/aromatic N) is 4. The van der Waals surface area contributed by atoms with Crippen molar-refractivity contribution in [2.24, 2.45) is 10.9 Å². The third-order valence-corrected chi connectivity index (χ3v) is 4.59. The first kappa shape index (κ1) is 21.0. The van der Waals surface area contributed by atoms with Crippen molar-refractivity contribution >= 4 is 35.6 Å². The number of hydrogen-bond donors (Lipinski definition) is 1. The van der Waals surface area contributed by atoms with Crippen LogP contribution < -0.4 is 5.32 Å². The van der Waals surface area contributed by atoms with E-state index in [1.165, 1.54) is 18.4 Å². The van der Waals surface area contributed by atoms with Crippen LogP contribution in [0.25, 0.3) is 5.65 Å². The van der Waals surface area contributed by atoms with E-state index in [1.54, 1.807) is 0 Å². The molecular formula is C19H30IN5O. The summed E-state index contributed by atoms with van der Waals surface area (Å²) in [5, 5.41) is 3.41. The molecule has 0 aliphatic heterocycles. The Bertz CT molecular complexity index is 726. The number of hydrogen-bond acceptors (Lipinski definition) is 3. The second-order valence-electron chi connectivity index (χ2n) is 6.82. The van der Waals surface area contributed by atoms with Gasteiger partial charge in [-0.1, -0.05) is 6.07 Å². The lowest BCUT2D eigenvalue weighted by atomic mass is 10.3. The highest BCUT2D eigenvalue weighted by molar-refractivity contribution is 14.0. The normalized spacial score (nSPS) is 14.3. The van der Waals surface area contributed by atoms with Gasteiger partial charge in [-0.15, -0.1) is 24.0 Å². The van der Waals surface area contributed by atoms with Crippen LogP contribution in [0, 0.1) is 12.8 Å². The molecule has 0 atom stereocenters. The van der Waals surface area contributed by atoms with Crippen molar-refractivity contribution in [2.75, 3.05) is 40.4 Å². The fourth-order valence-electron chi connectivity index (χ4n) is 2.85. The topological polar surface area (TPSA) is 54.2 Å². The zero-order valence-electron chi connectivity index (χ0n) is 15.9. The second-order valence-corrected chi connectivity index (χ2v) is 6.82. The van der Waals surface area contributed by atoms with Gasteiger partial charge in [0.2, 0.25) is 0 Å². The molecule has 0 amide bonds. The summed E-state index contributed by atoms with van der Waals surface area (Å²) in [6.45, 7) is 5.40. The Labute approximate surface area is 173 Å². The number of likely N-dealkylation sites (N-methyl/N-ethyl adjacent to an activating group) is 1. The van der Waals surface area contributed by atoms with E-state index in [4.69, 9.17) is 9.72 Å². The number of nitrogens with one attached hydrogen (secondary N) is 1. The van der Waals surface area contributed by atoms with E-state index in [1.807, 2.05) is 26.4 Å². The first-order valence-electron chi connectivity index (χ1n) is 9.10. The third kappa shape index (κ3) is 5.84. The molecule has 26 heavy (non-hydrogen) atoms. The molecule has 2 aromatic heterocycles. The molecule has 0 spiro atoms. The van der Waals surface area contributed by atoms with Crippen molar-refractivity contribution in [3.63, 3.8) is 0 Å². The molecule has 3 rings (SSSR count). The van der Waals surface area contributed by atoms with E-state index in [0.717, 1.165) is 55.9 Å². The van der Waals surface area contributed by atoms with Crippen LogP contribution in [0.1, 0.15) is 24.1 Å². The Morgan fingerprint density at radius 2 is 2.27 bits per heavy atom. The lowest BCUT2D eigenvalue weighted by molar-refractivity contribution is 0.115. The number of ether oxygens (including phenoxy) is 1. The number of aromatic nitrogens is 2. The van der Waals surface area contributed by atoms with Gasteiger partial charge in [-0.05, 0) is 37.3 Å². The minimum atomic E-state index is 0. The van der Waals surface area contributed by atoms with Crippen LogP contribution in [0.2, 0.25) is 0 Å². The highest BCUT2D eigenvalue weighted by Crippen LogP contribution is 2.28. The Kier molecular flexibility index (Phi) is 8.15. The number of aliphatic imine (C=N–C) groups is 1. The summed E-state index contributed by atoms with van der Waals surface area (Å²) in [6.07, 6.45) is 7.68. The van der Waals surface area contributed by atoms with E-state index in [-0.39, 0.29) is 24.0 Å². The first-order valence-corrected chi connectivity index (χ1v) is 9.10. The predicted molar refractivity (Wildman–Crippen MR) is 117 cm³/mol. The molecule has 0 radical (unpaired) electrons. The van der Waals surface area contributed by atoms with Crippen molar-refractivity contribution in [1.29, 1.82) is 0 Å². The van der Waals surface area contributed by atoms with Crippen LogP contribution >= 0.6 is 24.0 Å².